The fourth-order valence-electron chi connectivity index (χ4n) is 7.08. The van der Waals surface area contributed by atoms with Crippen LogP contribution in [-0.4, -0.2) is 97.9 Å². The van der Waals surface area contributed by atoms with Crippen molar-refractivity contribution in [2.45, 2.75) is 19.4 Å². The minimum absolute atomic E-state index is 0.0362. The number of nitrogens with zero attached hydrogens (tertiary/aromatic N) is 7. The summed E-state index contributed by atoms with van der Waals surface area (Å²) in [5.74, 6) is 0.832. The summed E-state index contributed by atoms with van der Waals surface area (Å²) in [7, 11) is 1.60. The van der Waals surface area contributed by atoms with Crippen molar-refractivity contribution in [1.29, 1.82) is 0 Å². The molecule has 1 fully saturated rings. The quantitative estimate of drug-likeness (QED) is 0.230. The third-order valence-corrected chi connectivity index (χ3v) is 9.68. The van der Waals surface area contributed by atoms with E-state index < -0.39 is 5.82 Å². The molecule has 4 aromatic heterocycles. The molecule has 0 atom stereocenters. The Labute approximate surface area is 287 Å². The summed E-state index contributed by atoms with van der Waals surface area (Å²) in [5.41, 5.74) is 4.17. The first-order chi connectivity index (χ1) is 24.5. The number of anilines is 1. The molecule has 254 valence electrons. The third-order valence-electron chi connectivity index (χ3n) is 9.68. The lowest BCUT2D eigenvalue weighted by molar-refractivity contribution is -0.131. The predicted octanol–water partition coefficient (Wildman–Crippen LogP) is 5.12. The number of halogens is 1. The van der Waals surface area contributed by atoms with Crippen LogP contribution in [0.2, 0.25) is 0 Å². The SMILES string of the molecule is COc1ccccc1-c1cc(C2=CCCN(C(=O)CCn3ccnn3)C2)c(F)c2[nH]c(C(=O)N3CCN(c4nccc5[nH]ccc45)CC3)cc12. The number of carbonyl (C=O) groups is 2. The number of carbonyl (C=O) groups excluding carboxylic acids is 2. The van der Waals surface area contributed by atoms with Crippen molar-refractivity contribution in [3.05, 3.63) is 96.5 Å². The van der Waals surface area contributed by atoms with Gasteiger partial charge in [-0.1, -0.05) is 29.5 Å². The zero-order chi connectivity index (χ0) is 34.2. The second-order valence-corrected chi connectivity index (χ2v) is 12.6. The first-order valence-electron chi connectivity index (χ1n) is 16.7. The molecule has 1 saturated heterocycles. The van der Waals surface area contributed by atoms with E-state index in [1.807, 2.05) is 54.7 Å². The lowest BCUT2D eigenvalue weighted by atomic mass is 9.93. The number of hydrogen-bond donors (Lipinski definition) is 2. The van der Waals surface area contributed by atoms with Gasteiger partial charge in [0.25, 0.3) is 5.91 Å². The largest absolute Gasteiger partial charge is 0.496 e. The van der Waals surface area contributed by atoms with Gasteiger partial charge in [-0.25, -0.2) is 9.37 Å². The number of aromatic nitrogens is 6. The van der Waals surface area contributed by atoms with Gasteiger partial charge < -0.3 is 29.4 Å². The first kappa shape index (κ1) is 31.3. The van der Waals surface area contributed by atoms with Gasteiger partial charge in [0.15, 0.2) is 5.82 Å². The lowest BCUT2D eigenvalue weighted by Gasteiger charge is -2.35. The number of hydrogen-bond acceptors (Lipinski definition) is 7. The van der Waals surface area contributed by atoms with Crippen molar-refractivity contribution in [2.75, 3.05) is 51.3 Å². The molecule has 2 aliphatic heterocycles. The van der Waals surface area contributed by atoms with Gasteiger partial charge in [0.05, 0.1) is 30.9 Å². The zero-order valence-electron chi connectivity index (χ0n) is 27.6. The normalized spacial score (nSPS) is 15.2. The number of fused-ring (bicyclic) bond motifs is 2. The van der Waals surface area contributed by atoms with Crippen molar-refractivity contribution < 1.29 is 18.7 Å². The molecule has 0 spiro atoms. The van der Waals surface area contributed by atoms with Gasteiger partial charge in [-0.3, -0.25) is 14.3 Å². The molecule has 6 aromatic rings. The first-order valence-corrected chi connectivity index (χ1v) is 16.7. The fraction of sp³-hybridized carbons (Fsp3) is 0.270. The Kier molecular flexibility index (Phi) is 8.23. The van der Waals surface area contributed by atoms with E-state index in [9.17, 15) is 9.59 Å². The second kappa shape index (κ2) is 13.1. The fourth-order valence-corrected chi connectivity index (χ4v) is 7.08. The smallest absolute Gasteiger partial charge is 0.270 e. The topological polar surface area (TPSA) is 128 Å². The highest BCUT2D eigenvalue weighted by atomic mass is 19.1. The van der Waals surface area contributed by atoms with Gasteiger partial charge in [-0.15, -0.1) is 5.10 Å². The van der Waals surface area contributed by atoms with Crippen molar-refractivity contribution in [1.82, 2.24) is 39.7 Å². The molecule has 0 unspecified atom stereocenters. The Hall–Kier alpha value is -5.98. The van der Waals surface area contributed by atoms with Gasteiger partial charge in [-0.2, -0.15) is 0 Å². The van der Waals surface area contributed by atoms with Crippen LogP contribution in [0.3, 0.4) is 0 Å². The summed E-state index contributed by atoms with van der Waals surface area (Å²) in [5, 5.41) is 9.38. The van der Waals surface area contributed by atoms with Crippen molar-refractivity contribution in [3.63, 3.8) is 0 Å². The number of pyridine rings is 1. The number of piperazine rings is 1. The van der Waals surface area contributed by atoms with Gasteiger partial charge in [0, 0.05) is 86.2 Å². The Balaban J connectivity index is 1.09. The Bertz CT molecular complexity index is 2230. The Morgan fingerprint density at radius 1 is 0.940 bits per heavy atom. The Morgan fingerprint density at radius 2 is 1.80 bits per heavy atom. The molecule has 0 saturated carbocycles. The van der Waals surface area contributed by atoms with Crippen LogP contribution in [0, 0.1) is 5.82 Å². The summed E-state index contributed by atoms with van der Waals surface area (Å²) in [6.07, 6.45) is 9.84. The highest BCUT2D eigenvalue weighted by molar-refractivity contribution is 6.05. The van der Waals surface area contributed by atoms with Crippen LogP contribution >= 0.6 is 0 Å². The number of H-pyrrole nitrogens is 2. The number of methoxy groups -OCH3 is 1. The monoisotopic (exact) mass is 673 g/mol. The summed E-state index contributed by atoms with van der Waals surface area (Å²) in [6, 6.07) is 15.1. The number of para-hydroxylation sites is 1. The molecule has 6 heterocycles. The van der Waals surface area contributed by atoms with Crippen LogP contribution < -0.4 is 9.64 Å². The zero-order valence-corrected chi connectivity index (χ0v) is 27.6. The average molecular weight is 674 g/mol. The van der Waals surface area contributed by atoms with Crippen LogP contribution in [0.25, 0.3) is 38.5 Å². The second-order valence-electron chi connectivity index (χ2n) is 12.6. The number of aromatic amines is 2. The third kappa shape index (κ3) is 5.74. The molecule has 13 heteroatoms. The van der Waals surface area contributed by atoms with E-state index in [2.05, 4.69) is 30.2 Å². The van der Waals surface area contributed by atoms with Crippen LogP contribution in [0.1, 0.15) is 28.9 Å². The van der Waals surface area contributed by atoms with Crippen molar-refractivity contribution >= 4 is 45.0 Å². The van der Waals surface area contributed by atoms with Gasteiger partial charge in [0.2, 0.25) is 5.91 Å². The van der Waals surface area contributed by atoms with Crippen LogP contribution in [0.4, 0.5) is 10.2 Å². The number of rotatable bonds is 8. The minimum atomic E-state index is -0.462. The maximum atomic E-state index is 16.7. The molecule has 0 aliphatic carbocycles. The molecule has 8 rings (SSSR count). The molecular formula is C37H36FN9O3. The molecule has 2 aliphatic rings. The molecule has 2 amide bonds. The number of aryl methyl sites for hydroxylation is 1. The van der Waals surface area contributed by atoms with E-state index in [4.69, 9.17) is 4.74 Å². The number of nitrogens with one attached hydrogen (secondary N) is 2. The molecule has 2 aromatic carbocycles. The molecule has 0 radical (unpaired) electrons. The number of benzene rings is 2. The van der Waals surface area contributed by atoms with Crippen molar-refractivity contribution in [3.8, 4) is 16.9 Å². The molecule has 2 N–H and O–H groups in total. The van der Waals surface area contributed by atoms with Crippen LogP contribution in [-0.2, 0) is 11.3 Å². The van der Waals surface area contributed by atoms with E-state index >= 15 is 4.39 Å². The predicted molar refractivity (Wildman–Crippen MR) is 188 cm³/mol. The molecule has 12 nitrogen and oxygen atoms in total. The van der Waals surface area contributed by atoms with E-state index in [1.165, 1.54) is 0 Å². The molecule has 0 bridgehead atoms. The lowest BCUT2D eigenvalue weighted by Crippen LogP contribution is -2.49. The van der Waals surface area contributed by atoms with Crippen LogP contribution in [0.5, 0.6) is 5.75 Å². The highest BCUT2D eigenvalue weighted by Crippen LogP contribution is 2.40. The number of ether oxygens (including phenoxy) is 1. The molecule has 50 heavy (non-hydrogen) atoms. The van der Waals surface area contributed by atoms with E-state index in [1.54, 1.807) is 46.2 Å². The Morgan fingerprint density at radius 3 is 2.62 bits per heavy atom. The van der Waals surface area contributed by atoms with Gasteiger partial charge in [-0.05, 0) is 47.9 Å². The summed E-state index contributed by atoms with van der Waals surface area (Å²) < 4.78 is 24.0. The molecular weight excluding hydrogens is 637 g/mol. The van der Waals surface area contributed by atoms with E-state index in [0.29, 0.717) is 73.7 Å². The highest BCUT2D eigenvalue weighted by Gasteiger charge is 2.28. The van der Waals surface area contributed by atoms with E-state index in [-0.39, 0.29) is 30.3 Å². The number of amides is 2. The average Bonchev–Trinajstić information content (AvgIpc) is 3.96. The maximum absolute atomic E-state index is 16.7. The van der Waals surface area contributed by atoms with Crippen molar-refractivity contribution in [2.24, 2.45) is 0 Å². The standard InChI is InChI=1S/C37H36FN9O3/c1-50-32-7-3-2-6-25(32)28-21-27(24-5-4-14-46(23-24)33(48)10-15-47-16-13-41-43-47)34(38)35-29(28)22-31(42-35)37(49)45-19-17-44(18-20-45)36-26-8-11-39-30(26)9-12-40-36/h2-3,5-9,11-13,16,21-22,39,42H,4,10,14-15,17-20,23H2,1H3. The minimum Gasteiger partial charge on any atom is -0.496 e. The van der Waals surface area contributed by atoms with Crippen LogP contribution in [0.15, 0.2) is 79.4 Å². The summed E-state index contributed by atoms with van der Waals surface area (Å²) in [6.45, 7) is 3.47. The maximum Gasteiger partial charge on any atom is 0.270 e. The summed E-state index contributed by atoms with van der Waals surface area (Å²) >= 11 is 0. The van der Waals surface area contributed by atoms with E-state index in [0.717, 1.165) is 27.8 Å². The summed E-state index contributed by atoms with van der Waals surface area (Å²) in [4.78, 5) is 43.9. The van der Waals surface area contributed by atoms with Gasteiger partial charge >= 0.3 is 0 Å². The van der Waals surface area contributed by atoms with Gasteiger partial charge in [0.1, 0.15) is 17.3 Å².